The largest absolute Gasteiger partial charge is 0.490 e. The molecule has 2 aliphatic heterocycles. The van der Waals surface area contributed by atoms with Crippen molar-refractivity contribution in [1.29, 1.82) is 0 Å². The lowest BCUT2D eigenvalue weighted by Crippen LogP contribution is -2.49. The minimum atomic E-state index is -5.08. The van der Waals surface area contributed by atoms with E-state index < -0.39 is 24.2 Å². The zero-order valence-corrected chi connectivity index (χ0v) is 23.8. The van der Waals surface area contributed by atoms with Crippen LogP contribution < -0.4 is 15.1 Å². The molecule has 0 bridgehead atoms. The molecule has 2 aliphatic rings. The predicted molar refractivity (Wildman–Crippen MR) is 147 cm³/mol. The molecule has 0 aliphatic carbocycles. The van der Waals surface area contributed by atoms with Crippen LogP contribution in [0, 0.1) is 13.8 Å². The summed E-state index contributed by atoms with van der Waals surface area (Å²) in [5, 5.41) is 22.4. The van der Waals surface area contributed by atoms with Gasteiger partial charge in [0, 0.05) is 37.6 Å². The number of hydrogen-bond donors (Lipinski definition) is 3. The molecule has 0 unspecified atom stereocenters. The van der Waals surface area contributed by atoms with Gasteiger partial charge < -0.3 is 20.4 Å². The summed E-state index contributed by atoms with van der Waals surface area (Å²) in [6.07, 6.45) is -3.49. The molecule has 2 aromatic carbocycles. The minimum Gasteiger partial charge on any atom is -0.475 e. The number of halogens is 4. The number of carbonyl (C=O) groups excluding carboxylic acids is 1. The molecule has 2 saturated heterocycles. The number of alkyl halides is 3. The summed E-state index contributed by atoms with van der Waals surface area (Å²) in [5.74, 6) is -2.78. The summed E-state index contributed by atoms with van der Waals surface area (Å²) < 4.78 is 31.7. The van der Waals surface area contributed by atoms with E-state index in [4.69, 9.17) is 31.3 Å². The van der Waals surface area contributed by atoms with Crippen molar-refractivity contribution in [2.75, 3.05) is 31.1 Å². The molecule has 0 amide bonds. The smallest absolute Gasteiger partial charge is 0.475 e. The van der Waals surface area contributed by atoms with E-state index in [2.05, 4.69) is 27.2 Å². The maximum Gasteiger partial charge on any atom is 0.490 e. The van der Waals surface area contributed by atoms with Gasteiger partial charge in [0.15, 0.2) is 0 Å². The molecule has 3 N–H and O–H groups in total. The second-order valence-corrected chi connectivity index (χ2v) is 10.7. The Morgan fingerprint density at radius 2 is 1.68 bits per heavy atom. The van der Waals surface area contributed by atoms with Crippen molar-refractivity contribution in [3.05, 3.63) is 58.1 Å². The molecular weight excluding hydrogens is 567 g/mol. The lowest BCUT2D eigenvalue weighted by atomic mass is 10.0. The number of aliphatic hydroxyl groups is 1. The average molecular weight is 602 g/mol. The first-order valence-electron chi connectivity index (χ1n) is 13.2. The monoisotopic (exact) mass is 601 g/mol. The first-order valence-corrected chi connectivity index (χ1v) is 13.5. The SMILES string of the molecule is CC(=O)OOc1ccc(C)c(C)c1N1C[C@H](NC2CCN(Cc3ccc(Cl)cc3)CC2)[C@@H](O)C1.O=C(O)C(F)(F)F. The Hall–Kier alpha value is -3.06. The molecule has 2 fully saturated rings. The molecule has 2 heterocycles. The third-order valence-corrected chi connectivity index (χ3v) is 7.37. The number of likely N-dealkylation sites (tertiary alicyclic amines) is 1. The summed E-state index contributed by atoms with van der Waals surface area (Å²) in [5.41, 5.74) is 4.30. The number of benzene rings is 2. The molecule has 2 atom stereocenters. The Morgan fingerprint density at radius 1 is 1.07 bits per heavy atom. The third kappa shape index (κ3) is 9.49. The maximum atomic E-state index is 11.2. The fourth-order valence-electron chi connectivity index (χ4n) is 4.88. The van der Waals surface area contributed by atoms with Gasteiger partial charge >= 0.3 is 18.1 Å². The van der Waals surface area contributed by atoms with Crippen LogP contribution >= 0.6 is 11.6 Å². The summed E-state index contributed by atoms with van der Waals surface area (Å²) in [6.45, 7) is 9.49. The van der Waals surface area contributed by atoms with E-state index in [1.54, 1.807) is 0 Å². The highest BCUT2D eigenvalue weighted by Gasteiger charge is 2.38. The maximum absolute atomic E-state index is 11.2. The molecule has 13 heteroatoms. The topological polar surface area (TPSA) is 112 Å². The molecular formula is C28H35ClF3N3O6. The molecule has 9 nitrogen and oxygen atoms in total. The summed E-state index contributed by atoms with van der Waals surface area (Å²) in [6, 6.07) is 12.1. The van der Waals surface area contributed by atoms with Gasteiger partial charge in [-0.05, 0) is 74.7 Å². The fraction of sp³-hybridized carbons (Fsp3) is 0.500. The molecule has 226 valence electrons. The average Bonchev–Trinajstić information content (AvgIpc) is 3.26. The summed E-state index contributed by atoms with van der Waals surface area (Å²) in [7, 11) is 0. The van der Waals surface area contributed by atoms with Gasteiger partial charge in [-0.15, -0.1) is 0 Å². The van der Waals surface area contributed by atoms with Crippen molar-refractivity contribution in [2.24, 2.45) is 0 Å². The van der Waals surface area contributed by atoms with Gasteiger partial charge in [-0.2, -0.15) is 13.2 Å². The van der Waals surface area contributed by atoms with Crippen LogP contribution in [0.3, 0.4) is 0 Å². The van der Waals surface area contributed by atoms with E-state index in [0.717, 1.165) is 54.3 Å². The molecule has 2 aromatic rings. The van der Waals surface area contributed by atoms with Crippen LogP contribution in [0.25, 0.3) is 0 Å². The van der Waals surface area contributed by atoms with Gasteiger partial charge in [-0.3, -0.25) is 14.7 Å². The second kappa shape index (κ2) is 14.2. The molecule has 0 radical (unpaired) electrons. The van der Waals surface area contributed by atoms with Crippen molar-refractivity contribution in [2.45, 2.75) is 64.5 Å². The number of aliphatic hydroxyl groups excluding tert-OH is 1. The Balaban J connectivity index is 0.000000587. The highest BCUT2D eigenvalue weighted by Crippen LogP contribution is 2.36. The lowest BCUT2D eigenvalue weighted by Gasteiger charge is -2.34. The molecule has 0 saturated carbocycles. The van der Waals surface area contributed by atoms with Gasteiger partial charge in [0.25, 0.3) is 0 Å². The van der Waals surface area contributed by atoms with Crippen LogP contribution in [-0.4, -0.2) is 77.6 Å². The van der Waals surface area contributed by atoms with Gasteiger partial charge in [0.1, 0.15) is 0 Å². The lowest BCUT2D eigenvalue weighted by molar-refractivity contribution is -0.210. The van der Waals surface area contributed by atoms with Crippen LogP contribution in [-0.2, 0) is 21.0 Å². The number of piperidine rings is 1. The van der Waals surface area contributed by atoms with E-state index in [1.165, 1.54) is 12.5 Å². The Labute approximate surface area is 241 Å². The Kier molecular flexibility index (Phi) is 11.3. The van der Waals surface area contributed by atoms with E-state index in [0.29, 0.717) is 24.9 Å². The van der Waals surface area contributed by atoms with Gasteiger partial charge in [-0.1, -0.05) is 29.8 Å². The zero-order valence-electron chi connectivity index (χ0n) is 23.1. The summed E-state index contributed by atoms with van der Waals surface area (Å²) in [4.78, 5) is 34.9. The van der Waals surface area contributed by atoms with Gasteiger partial charge in [0.05, 0.1) is 17.8 Å². The first kappa shape index (κ1) is 32.5. The number of nitrogens with one attached hydrogen (secondary N) is 1. The number of aliphatic carboxylic acids is 1. The Morgan fingerprint density at radius 3 is 2.24 bits per heavy atom. The van der Waals surface area contributed by atoms with E-state index >= 15 is 0 Å². The highest BCUT2D eigenvalue weighted by atomic mass is 35.5. The molecule has 0 spiro atoms. The van der Waals surface area contributed by atoms with Crippen molar-refractivity contribution < 1.29 is 42.7 Å². The van der Waals surface area contributed by atoms with Crippen LogP contribution in [0.1, 0.15) is 36.5 Å². The van der Waals surface area contributed by atoms with Crippen molar-refractivity contribution in [3.63, 3.8) is 0 Å². The first-order chi connectivity index (χ1) is 19.2. The number of carbonyl (C=O) groups is 2. The normalized spacial score (nSPS) is 19.9. The van der Waals surface area contributed by atoms with Crippen LogP contribution in [0.4, 0.5) is 18.9 Å². The standard InChI is InChI=1S/C26H34ClN3O4.C2HF3O2/c1-17-4-9-25(34-33-19(3)31)26(18(17)2)30-15-23(24(32)16-30)28-22-10-12-29(13-11-22)14-20-5-7-21(27)8-6-20;3-2(4,5)1(6)7/h4-9,22-24,28,32H,10-16H2,1-3H3;(H,6,7)/t23-,24-;/m0./s1. The third-order valence-electron chi connectivity index (χ3n) is 7.12. The number of aryl methyl sites for hydroxylation is 1. The van der Waals surface area contributed by atoms with Gasteiger partial charge in [0.2, 0.25) is 5.75 Å². The zero-order chi connectivity index (χ0) is 30.3. The number of carboxylic acids is 1. The Bertz CT molecular complexity index is 1190. The minimum absolute atomic E-state index is 0.0331. The highest BCUT2D eigenvalue weighted by molar-refractivity contribution is 6.30. The fourth-order valence-corrected chi connectivity index (χ4v) is 5.01. The van der Waals surface area contributed by atoms with E-state index in [9.17, 15) is 23.1 Å². The molecule has 41 heavy (non-hydrogen) atoms. The summed E-state index contributed by atoms with van der Waals surface area (Å²) >= 11 is 6.00. The van der Waals surface area contributed by atoms with Crippen molar-refractivity contribution >= 4 is 29.2 Å². The number of anilines is 1. The second-order valence-electron chi connectivity index (χ2n) is 10.2. The molecule has 4 rings (SSSR count). The predicted octanol–water partition coefficient (Wildman–Crippen LogP) is 4.25. The van der Waals surface area contributed by atoms with Crippen molar-refractivity contribution in [3.8, 4) is 5.75 Å². The van der Waals surface area contributed by atoms with E-state index in [1.807, 2.05) is 38.1 Å². The number of hydrogen-bond acceptors (Lipinski definition) is 8. The number of nitrogens with zero attached hydrogens (tertiary/aromatic N) is 2. The van der Waals surface area contributed by atoms with Crippen LogP contribution in [0.15, 0.2) is 36.4 Å². The van der Waals surface area contributed by atoms with Gasteiger partial charge in [-0.25, -0.2) is 9.59 Å². The quantitative estimate of drug-likeness (QED) is 0.317. The van der Waals surface area contributed by atoms with Crippen molar-refractivity contribution in [1.82, 2.24) is 10.2 Å². The molecule has 0 aromatic heterocycles. The van der Waals surface area contributed by atoms with E-state index in [-0.39, 0.29) is 6.04 Å². The van der Waals surface area contributed by atoms with Crippen LogP contribution in [0.2, 0.25) is 5.02 Å². The number of rotatable bonds is 7. The van der Waals surface area contributed by atoms with Crippen LogP contribution in [0.5, 0.6) is 5.75 Å². The number of carboxylic acid groups (broad SMARTS) is 1. The number of β-amino-alcohol motifs (C(OH)–C–C–N with tert-alkyl or cyclic N) is 1.